The topological polar surface area (TPSA) is 76.3 Å². The number of para-hydroxylation sites is 1. The summed E-state index contributed by atoms with van der Waals surface area (Å²) in [6.07, 6.45) is 2.47. The quantitative estimate of drug-likeness (QED) is 0.330. The molecule has 8 heteroatoms. The lowest BCUT2D eigenvalue weighted by atomic mass is 10.1. The summed E-state index contributed by atoms with van der Waals surface area (Å²) in [4.78, 5) is 26.5. The Balaban J connectivity index is 1.45. The number of hydrogen-bond donors (Lipinski definition) is 0. The second-order valence-electron chi connectivity index (χ2n) is 6.46. The number of ketones is 1. The number of carbonyl (C=O) groups is 2. The molecule has 2 heterocycles. The first-order valence-electron chi connectivity index (χ1n) is 8.88. The van der Waals surface area contributed by atoms with Crippen LogP contribution in [0, 0.1) is 6.92 Å². The normalized spacial score (nSPS) is 13.9. The van der Waals surface area contributed by atoms with Crippen LogP contribution < -0.4 is 4.90 Å². The summed E-state index contributed by atoms with van der Waals surface area (Å²) in [6, 6.07) is 7.88. The maximum atomic E-state index is 12.6. The lowest BCUT2D eigenvalue weighted by Crippen LogP contribution is -2.32. The molecular formula is C19H19N3O3S2. The fourth-order valence-electron chi connectivity index (χ4n) is 2.96. The number of Topliss-reactive ketones (excluding diaryl/α,β-unsaturated/α-hetero) is 1. The lowest BCUT2D eigenvalue weighted by Gasteiger charge is -2.17. The zero-order chi connectivity index (χ0) is 19.0. The zero-order valence-electron chi connectivity index (χ0n) is 15.1. The average molecular weight is 402 g/mol. The highest BCUT2D eigenvalue weighted by Gasteiger charge is 2.35. The summed E-state index contributed by atoms with van der Waals surface area (Å²) >= 11 is 2.69. The van der Waals surface area contributed by atoms with Crippen LogP contribution in [-0.4, -0.2) is 33.7 Å². The van der Waals surface area contributed by atoms with Crippen molar-refractivity contribution in [1.29, 1.82) is 0 Å². The summed E-state index contributed by atoms with van der Waals surface area (Å²) in [6.45, 7) is 3.75. The Morgan fingerprint density at radius 1 is 1.30 bits per heavy atom. The molecule has 27 heavy (non-hydrogen) atoms. The van der Waals surface area contributed by atoms with Crippen molar-refractivity contribution < 1.29 is 14.0 Å². The van der Waals surface area contributed by atoms with Crippen molar-refractivity contribution in [2.45, 2.75) is 43.5 Å². The second kappa shape index (κ2) is 7.44. The monoisotopic (exact) mass is 401 g/mol. The molecule has 1 amide bonds. The van der Waals surface area contributed by atoms with E-state index in [1.54, 1.807) is 4.90 Å². The first-order valence-corrected chi connectivity index (χ1v) is 10.7. The maximum absolute atomic E-state index is 12.6. The maximum Gasteiger partial charge on any atom is 0.228 e. The van der Waals surface area contributed by atoms with E-state index in [2.05, 4.69) is 10.2 Å². The molecular weight excluding hydrogens is 382 g/mol. The molecule has 0 N–H and O–H groups in total. The second-order valence-corrected chi connectivity index (χ2v) is 8.64. The van der Waals surface area contributed by atoms with Crippen molar-refractivity contribution in [3.63, 3.8) is 0 Å². The summed E-state index contributed by atoms with van der Waals surface area (Å²) in [5, 5.41) is 9.90. The molecule has 1 saturated carbocycles. The Hall–Kier alpha value is -2.19. The fourth-order valence-corrected chi connectivity index (χ4v) is 4.75. The molecule has 1 aromatic carbocycles. The summed E-state index contributed by atoms with van der Waals surface area (Å²) in [5.74, 6) is 0.614. The molecule has 4 rings (SSSR count). The average Bonchev–Trinajstić information content (AvgIpc) is 3.30. The molecule has 0 atom stereocenters. The third-order valence-electron chi connectivity index (χ3n) is 4.51. The standard InChI is InChI=1S/C19H19N3O3S2/c1-3-16(24)22(12-8-9-12)18-20-21-19(27-18)26-10-14(23)17-11(2)13-6-4-5-7-15(13)25-17/h4-7,12H,3,8-10H2,1-2H3. The van der Waals surface area contributed by atoms with Crippen molar-refractivity contribution >= 4 is 50.9 Å². The van der Waals surface area contributed by atoms with Gasteiger partial charge in [0.2, 0.25) is 16.8 Å². The Labute approximate surface area is 164 Å². The summed E-state index contributed by atoms with van der Waals surface area (Å²) in [5.41, 5.74) is 1.59. The minimum absolute atomic E-state index is 0.0687. The van der Waals surface area contributed by atoms with Crippen LogP contribution in [0.25, 0.3) is 11.0 Å². The van der Waals surface area contributed by atoms with E-state index >= 15 is 0 Å². The van der Waals surface area contributed by atoms with Gasteiger partial charge in [0, 0.05) is 23.4 Å². The van der Waals surface area contributed by atoms with E-state index in [-0.39, 0.29) is 23.5 Å². The number of aryl methyl sites for hydroxylation is 1. The molecule has 0 radical (unpaired) electrons. The minimum atomic E-state index is -0.0749. The van der Waals surface area contributed by atoms with Crippen molar-refractivity contribution in [3.05, 3.63) is 35.6 Å². The number of fused-ring (bicyclic) bond motifs is 1. The third-order valence-corrected chi connectivity index (χ3v) is 6.56. The SMILES string of the molecule is CCC(=O)N(c1nnc(SCC(=O)c2oc3ccccc3c2C)s1)C1CC1. The number of benzene rings is 1. The molecule has 3 aromatic rings. The van der Waals surface area contributed by atoms with Gasteiger partial charge in [-0.05, 0) is 25.8 Å². The van der Waals surface area contributed by atoms with E-state index in [0.29, 0.717) is 21.7 Å². The van der Waals surface area contributed by atoms with Crippen LogP contribution in [0.1, 0.15) is 42.3 Å². The molecule has 0 bridgehead atoms. The van der Waals surface area contributed by atoms with E-state index in [4.69, 9.17) is 4.42 Å². The number of carbonyl (C=O) groups excluding carboxylic acids is 2. The molecule has 6 nitrogen and oxygen atoms in total. The predicted molar refractivity (Wildman–Crippen MR) is 107 cm³/mol. The first-order chi connectivity index (χ1) is 13.1. The number of aromatic nitrogens is 2. The minimum Gasteiger partial charge on any atom is -0.453 e. The van der Waals surface area contributed by atoms with E-state index in [1.807, 2.05) is 38.1 Å². The molecule has 0 spiro atoms. The number of hydrogen-bond acceptors (Lipinski definition) is 7. The van der Waals surface area contributed by atoms with Gasteiger partial charge in [-0.1, -0.05) is 48.2 Å². The van der Waals surface area contributed by atoms with Gasteiger partial charge in [0.05, 0.1) is 5.75 Å². The van der Waals surface area contributed by atoms with E-state index in [1.165, 1.54) is 23.1 Å². The highest BCUT2D eigenvalue weighted by atomic mass is 32.2. The van der Waals surface area contributed by atoms with Gasteiger partial charge in [-0.15, -0.1) is 10.2 Å². The molecule has 2 aromatic heterocycles. The van der Waals surface area contributed by atoms with Gasteiger partial charge in [-0.2, -0.15) is 0 Å². The van der Waals surface area contributed by atoms with Gasteiger partial charge in [-0.25, -0.2) is 0 Å². The number of rotatable bonds is 7. The highest BCUT2D eigenvalue weighted by molar-refractivity contribution is 8.01. The van der Waals surface area contributed by atoms with Crippen LogP contribution in [-0.2, 0) is 4.79 Å². The largest absolute Gasteiger partial charge is 0.453 e. The van der Waals surface area contributed by atoms with E-state index in [9.17, 15) is 9.59 Å². The number of amides is 1. The molecule has 1 aliphatic carbocycles. The molecule has 1 aliphatic rings. The Morgan fingerprint density at radius 3 is 2.78 bits per heavy atom. The third kappa shape index (κ3) is 3.64. The predicted octanol–water partition coefficient (Wildman–Crippen LogP) is 4.47. The molecule has 0 unspecified atom stereocenters. The molecule has 1 fully saturated rings. The van der Waals surface area contributed by atoms with Crippen LogP contribution in [0.3, 0.4) is 0 Å². The Morgan fingerprint density at radius 2 is 2.07 bits per heavy atom. The van der Waals surface area contributed by atoms with Crippen molar-refractivity contribution in [2.24, 2.45) is 0 Å². The fraction of sp³-hybridized carbons (Fsp3) is 0.368. The van der Waals surface area contributed by atoms with Crippen molar-refractivity contribution in [1.82, 2.24) is 10.2 Å². The van der Waals surface area contributed by atoms with Gasteiger partial charge >= 0.3 is 0 Å². The Kier molecular flexibility index (Phi) is 5.01. The number of furan rings is 1. The lowest BCUT2D eigenvalue weighted by molar-refractivity contribution is -0.118. The van der Waals surface area contributed by atoms with Crippen LogP contribution >= 0.6 is 23.1 Å². The summed E-state index contributed by atoms with van der Waals surface area (Å²) in [7, 11) is 0. The number of thioether (sulfide) groups is 1. The van der Waals surface area contributed by atoms with Gasteiger partial charge in [0.1, 0.15) is 5.58 Å². The van der Waals surface area contributed by atoms with Gasteiger partial charge in [0.15, 0.2) is 10.1 Å². The van der Waals surface area contributed by atoms with Crippen molar-refractivity contribution in [3.8, 4) is 0 Å². The van der Waals surface area contributed by atoms with Gasteiger partial charge < -0.3 is 4.42 Å². The first kappa shape index (κ1) is 18.2. The molecule has 0 saturated heterocycles. The molecule has 140 valence electrons. The van der Waals surface area contributed by atoms with Crippen LogP contribution in [0.4, 0.5) is 5.13 Å². The molecule has 0 aliphatic heterocycles. The number of nitrogens with zero attached hydrogens (tertiary/aromatic N) is 3. The smallest absolute Gasteiger partial charge is 0.228 e. The zero-order valence-corrected chi connectivity index (χ0v) is 16.7. The van der Waals surface area contributed by atoms with Gasteiger partial charge in [0.25, 0.3) is 0 Å². The highest BCUT2D eigenvalue weighted by Crippen LogP contribution is 2.36. The van der Waals surface area contributed by atoms with Crippen LogP contribution in [0.2, 0.25) is 0 Å². The van der Waals surface area contributed by atoms with Crippen LogP contribution in [0.5, 0.6) is 0 Å². The van der Waals surface area contributed by atoms with E-state index in [0.717, 1.165) is 29.4 Å². The van der Waals surface area contributed by atoms with E-state index < -0.39 is 0 Å². The Bertz CT molecular complexity index is 1010. The van der Waals surface area contributed by atoms with Crippen molar-refractivity contribution in [2.75, 3.05) is 10.7 Å². The number of anilines is 1. The summed E-state index contributed by atoms with van der Waals surface area (Å²) < 4.78 is 6.41. The van der Waals surface area contributed by atoms with Crippen LogP contribution in [0.15, 0.2) is 33.0 Å². The van der Waals surface area contributed by atoms with Gasteiger partial charge in [-0.3, -0.25) is 14.5 Å².